The highest BCUT2D eigenvalue weighted by Gasteiger charge is 2.21. The highest BCUT2D eigenvalue weighted by atomic mass is 19.3. The lowest BCUT2D eigenvalue weighted by Gasteiger charge is -2.32. The maximum atomic E-state index is 12.5. The van der Waals surface area contributed by atoms with E-state index in [1.54, 1.807) is 6.07 Å². The van der Waals surface area contributed by atoms with Crippen molar-refractivity contribution in [1.29, 1.82) is 0 Å². The molecule has 0 N–H and O–H groups in total. The third kappa shape index (κ3) is 1.89. The highest BCUT2D eigenvalue weighted by Crippen LogP contribution is 2.35. The molecule has 2 nitrogen and oxygen atoms in total. The highest BCUT2D eigenvalue weighted by molar-refractivity contribution is 5.61. The number of alkyl halides is 2. The minimum atomic E-state index is -2.43. The quantitative estimate of drug-likeness (QED) is 0.711. The third-order valence-corrected chi connectivity index (χ3v) is 2.51. The molecule has 1 aliphatic heterocycles. The van der Waals surface area contributed by atoms with Crippen molar-refractivity contribution in [3.05, 3.63) is 23.8 Å². The van der Waals surface area contributed by atoms with E-state index in [1.165, 1.54) is 12.1 Å². The fraction of sp³-hybridized carbons (Fsp3) is 0.455. The number of fused-ring (bicyclic) bond motifs is 1. The standard InChI is InChI=1S/C11H13F2NO/c1-7-6-14(2)9-5-8(11(12)13)3-4-10(9)15-7/h3-5,7,11H,6H2,1-2H3. The van der Waals surface area contributed by atoms with Crippen molar-refractivity contribution < 1.29 is 13.5 Å². The fourth-order valence-corrected chi connectivity index (χ4v) is 1.81. The number of nitrogens with zero attached hydrogens (tertiary/aromatic N) is 1. The lowest BCUT2D eigenvalue weighted by molar-refractivity contribution is 0.151. The van der Waals surface area contributed by atoms with Gasteiger partial charge in [-0.25, -0.2) is 8.78 Å². The van der Waals surface area contributed by atoms with Crippen LogP contribution in [0.1, 0.15) is 18.9 Å². The van der Waals surface area contributed by atoms with Crippen molar-refractivity contribution >= 4 is 5.69 Å². The van der Waals surface area contributed by atoms with Gasteiger partial charge in [-0.05, 0) is 25.1 Å². The molecule has 0 bridgehead atoms. The van der Waals surface area contributed by atoms with Gasteiger partial charge in [-0.15, -0.1) is 0 Å². The minimum absolute atomic E-state index is 0.0405. The molecule has 1 aromatic carbocycles. The zero-order valence-corrected chi connectivity index (χ0v) is 8.71. The van der Waals surface area contributed by atoms with E-state index >= 15 is 0 Å². The van der Waals surface area contributed by atoms with Crippen LogP contribution < -0.4 is 9.64 Å². The predicted molar refractivity (Wildman–Crippen MR) is 54.8 cm³/mol. The molecule has 0 saturated carbocycles. The molecule has 1 aromatic rings. The zero-order chi connectivity index (χ0) is 11.0. The number of rotatable bonds is 1. The Morgan fingerprint density at radius 1 is 1.47 bits per heavy atom. The van der Waals surface area contributed by atoms with Crippen molar-refractivity contribution in [3.63, 3.8) is 0 Å². The van der Waals surface area contributed by atoms with Gasteiger partial charge in [0.1, 0.15) is 11.9 Å². The van der Waals surface area contributed by atoms with Crippen LogP contribution in [0.2, 0.25) is 0 Å². The molecule has 0 saturated heterocycles. The summed E-state index contributed by atoms with van der Waals surface area (Å²) in [5.41, 5.74) is 0.782. The van der Waals surface area contributed by atoms with Gasteiger partial charge in [0.2, 0.25) is 0 Å². The van der Waals surface area contributed by atoms with Gasteiger partial charge < -0.3 is 9.64 Å². The Hall–Kier alpha value is -1.32. The molecule has 0 spiro atoms. The number of anilines is 1. The predicted octanol–water partition coefficient (Wildman–Crippen LogP) is 2.84. The van der Waals surface area contributed by atoms with Gasteiger partial charge in [0.05, 0.1) is 12.2 Å². The van der Waals surface area contributed by atoms with Gasteiger partial charge in [-0.1, -0.05) is 0 Å². The number of hydrogen-bond donors (Lipinski definition) is 0. The Labute approximate surface area is 87.5 Å². The third-order valence-electron chi connectivity index (χ3n) is 2.51. The van der Waals surface area contributed by atoms with Crippen LogP contribution in [0, 0.1) is 0 Å². The topological polar surface area (TPSA) is 12.5 Å². The van der Waals surface area contributed by atoms with E-state index in [0.717, 1.165) is 12.2 Å². The Morgan fingerprint density at radius 3 is 2.87 bits per heavy atom. The van der Waals surface area contributed by atoms with E-state index in [-0.39, 0.29) is 11.7 Å². The van der Waals surface area contributed by atoms with Crippen molar-refractivity contribution in [2.45, 2.75) is 19.5 Å². The monoisotopic (exact) mass is 213 g/mol. The largest absolute Gasteiger partial charge is 0.487 e. The summed E-state index contributed by atoms with van der Waals surface area (Å²) in [7, 11) is 1.88. The number of likely N-dealkylation sites (N-methyl/N-ethyl adjacent to an activating group) is 1. The molecule has 0 amide bonds. The molecule has 4 heteroatoms. The van der Waals surface area contributed by atoms with Gasteiger partial charge in [-0.2, -0.15) is 0 Å². The molecule has 15 heavy (non-hydrogen) atoms. The SMILES string of the molecule is CC1CN(C)c2cc(C(F)F)ccc2O1. The van der Waals surface area contributed by atoms with Crippen LogP contribution in [0.3, 0.4) is 0 Å². The van der Waals surface area contributed by atoms with E-state index in [4.69, 9.17) is 4.74 Å². The van der Waals surface area contributed by atoms with Crippen molar-refractivity contribution in [2.24, 2.45) is 0 Å². The van der Waals surface area contributed by atoms with Gasteiger partial charge in [0.25, 0.3) is 6.43 Å². The molecule has 1 heterocycles. The summed E-state index contributed by atoms with van der Waals surface area (Å²) in [5, 5.41) is 0. The lowest BCUT2D eigenvalue weighted by Crippen LogP contribution is -2.35. The molecule has 1 unspecified atom stereocenters. The second kappa shape index (κ2) is 3.68. The van der Waals surface area contributed by atoms with Crippen molar-refractivity contribution in [1.82, 2.24) is 0 Å². The number of halogens is 2. The molecule has 0 radical (unpaired) electrons. The summed E-state index contributed by atoms with van der Waals surface area (Å²) >= 11 is 0. The first-order valence-electron chi connectivity index (χ1n) is 4.88. The molecular formula is C11H13F2NO. The van der Waals surface area contributed by atoms with Crippen LogP contribution >= 0.6 is 0 Å². The molecule has 82 valence electrons. The Kier molecular flexibility index (Phi) is 2.50. The fourth-order valence-electron chi connectivity index (χ4n) is 1.81. The first-order valence-corrected chi connectivity index (χ1v) is 4.88. The van der Waals surface area contributed by atoms with Crippen LogP contribution in [-0.4, -0.2) is 19.7 Å². The van der Waals surface area contributed by atoms with Crippen LogP contribution in [0.4, 0.5) is 14.5 Å². The number of ether oxygens (including phenoxy) is 1. The maximum absolute atomic E-state index is 12.5. The number of benzene rings is 1. The van der Waals surface area contributed by atoms with E-state index < -0.39 is 6.43 Å². The summed E-state index contributed by atoms with van der Waals surface area (Å²) in [6.45, 7) is 2.68. The second-order valence-electron chi connectivity index (χ2n) is 3.84. The van der Waals surface area contributed by atoms with Crippen molar-refractivity contribution in [3.8, 4) is 5.75 Å². The normalized spacial score (nSPS) is 20.1. The van der Waals surface area contributed by atoms with E-state index in [1.807, 2.05) is 18.9 Å². The van der Waals surface area contributed by atoms with E-state index in [0.29, 0.717) is 5.75 Å². The van der Waals surface area contributed by atoms with E-state index in [2.05, 4.69) is 0 Å². The summed E-state index contributed by atoms with van der Waals surface area (Å²) in [4.78, 5) is 1.94. The Balaban J connectivity index is 2.39. The summed E-state index contributed by atoms with van der Waals surface area (Å²) in [6.07, 6.45) is -2.33. The molecule has 0 aliphatic carbocycles. The molecular weight excluding hydrogens is 200 g/mol. The van der Waals surface area contributed by atoms with Crippen LogP contribution in [0.15, 0.2) is 18.2 Å². The smallest absolute Gasteiger partial charge is 0.263 e. The van der Waals surface area contributed by atoms with E-state index in [9.17, 15) is 8.78 Å². The lowest BCUT2D eigenvalue weighted by atomic mass is 10.1. The Morgan fingerprint density at radius 2 is 2.20 bits per heavy atom. The van der Waals surface area contributed by atoms with Crippen LogP contribution in [0.25, 0.3) is 0 Å². The Bertz CT molecular complexity index is 368. The van der Waals surface area contributed by atoms with Crippen molar-refractivity contribution in [2.75, 3.05) is 18.5 Å². The molecule has 2 rings (SSSR count). The average molecular weight is 213 g/mol. The first-order chi connectivity index (χ1) is 7.08. The van der Waals surface area contributed by atoms with Gasteiger partial charge in [0.15, 0.2) is 0 Å². The van der Waals surface area contributed by atoms with Crippen LogP contribution in [0.5, 0.6) is 5.75 Å². The minimum Gasteiger partial charge on any atom is -0.487 e. The first kappa shape index (κ1) is 10.2. The van der Waals surface area contributed by atoms with Gasteiger partial charge in [-0.3, -0.25) is 0 Å². The maximum Gasteiger partial charge on any atom is 0.263 e. The van der Waals surface area contributed by atoms with Gasteiger partial charge in [0, 0.05) is 12.6 Å². The van der Waals surface area contributed by atoms with Gasteiger partial charge >= 0.3 is 0 Å². The number of hydrogen-bond acceptors (Lipinski definition) is 2. The molecule has 0 aromatic heterocycles. The molecule has 1 atom stereocenters. The molecule has 0 fully saturated rings. The van der Waals surface area contributed by atoms with Crippen LogP contribution in [-0.2, 0) is 0 Å². The molecule has 1 aliphatic rings. The average Bonchev–Trinajstić information content (AvgIpc) is 2.16. The summed E-state index contributed by atoms with van der Waals surface area (Å²) in [5.74, 6) is 0.681. The summed E-state index contributed by atoms with van der Waals surface area (Å²) < 4.78 is 30.5. The second-order valence-corrected chi connectivity index (χ2v) is 3.84. The zero-order valence-electron chi connectivity index (χ0n) is 8.71. The summed E-state index contributed by atoms with van der Waals surface area (Å²) in [6, 6.07) is 4.52.